The standard InChI is InChI=1S/C30H39N3O2/c1-32-13-15-33(16-14-32)12-6-7-26(34)19-24-17-23(20-28(21-24)35-27-8-2-3-9-27)18-25-22-31-30-11-5-4-10-29(25)30/h4-5,10-11,17,20-22,27,31H,2-3,6-9,12-16,18-19H2,1H3. The number of para-hydroxylation sites is 1. The third kappa shape index (κ3) is 6.53. The zero-order valence-electron chi connectivity index (χ0n) is 21.1. The van der Waals surface area contributed by atoms with Gasteiger partial charge in [0.1, 0.15) is 11.5 Å². The Labute approximate surface area is 209 Å². The van der Waals surface area contributed by atoms with E-state index in [0.717, 1.165) is 75.2 Å². The van der Waals surface area contributed by atoms with Gasteiger partial charge in [0.25, 0.3) is 0 Å². The first-order valence-corrected chi connectivity index (χ1v) is 13.4. The number of aromatic amines is 1. The van der Waals surface area contributed by atoms with E-state index in [1.54, 1.807) is 0 Å². The van der Waals surface area contributed by atoms with E-state index in [4.69, 9.17) is 4.74 Å². The van der Waals surface area contributed by atoms with Gasteiger partial charge < -0.3 is 19.5 Å². The number of Topliss-reactive ketones (excluding diaryl/α,β-unsaturated/α-hetero) is 1. The van der Waals surface area contributed by atoms with E-state index in [9.17, 15) is 4.79 Å². The van der Waals surface area contributed by atoms with E-state index >= 15 is 0 Å². The molecule has 0 bridgehead atoms. The van der Waals surface area contributed by atoms with Crippen molar-refractivity contribution >= 4 is 16.7 Å². The summed E-state index contributed by atoms with van der Waals surface area (Å²) in [5, 5.41) is 1.26. The Morgan fingerprint density at radius 2 is 1.80 bits per heavy atom. The lowest BCUT2D eigenvalue weighted by molar-refractivity contribution is -0.118. The zero-order chi connectivity index (χ0) is 24.0. The molecule has 2 fully saturated rings. The second-order valence-electron chi connectivity index (χ2n) is 10.5. The fraction of sp³-hybridized carbons (Fsp3) is 0.500. The molecule has 5 heteroatoms. The van der Waals surface area contributed by atoms with Crippen molar-refractivity contribution in [1.29, 1.82) is 0 Å². The summed E-state index contributed by atoms with van der Waals surface area (Å²) in [6.07, 6.45) is 10.1. The molecule has 1 aliphatic carbocycles. The molecule has 2 aliphatic rings. The highest BCUT2D eigenvalue weighted by atomic mass is 16.5. The number of nitrogens with one attached hydrogen (secondary N) is 1. The van der Waals surface area contributed by atoms with Crippen LogP contribution in [-0.2, 0) is 17.6 Å². The number of aromatic nitrogens is 1. The average molecular weight is 474 g/mol. The van der Waals surface area contributed by atoms with Crippen molar-refractivity contribution in [3.05, 3.63) is 65.4 Å². The quantitative estimate of drug-likeness (QED) is 0.439. The Morgan fingerprint density at radius 3 is 2.63 bits per heavy atom. The number of H-pyrrole nitrogens is 1. The number of hydrogen-bond donors (Lipinski definition) is 1. The maximum absolute atomic E-state index is 12.9. The number of nitrogens with zero attached hydrogens (tertiary/aromatic N) is 2. The number of hydrogen-bond acceptors (Lipinski definition) is 4. The summed E-state index contributed by atoms with van der Waals surface area (Å²) in [4.78, 5) is 21.1. The van der Waals surface area contributed by atoms with Crippen molar-refractivity contribution in [3.63, 3.8) is 0 Å². The summed E-state index contributed by atoms with van der Waals surface area (Å²) in [5.41, 5.74) is 4.74. The minimum atomic E-state index is 0.311. The molecule has 3 aromatic rings. The molecule has 2 aromatic carbocycles. The van der Waals surface area contributed by atoms with Crippen LogP contribution in [0.4, 0.5) is 0 Å². The molecule has 1 saturated carbocycles. The van der Waals surface area contributed by atoms with Crippen LogP contribution in [0, 0.1) is 0 Å². The molecule has 5 rings (SSSR count). The molecular formula is C30H39N3O2. The molecule has 1 aromatic heterocycles. The lowest BCUT2D eigenvalue weighted by Crippen LogP contribution is -2.44. The van der Waals surface area contributed by atoms with Gasteiger partial charge in [-0.15, -0.1) is 0 Å². The number of ketones is 1. The first kappa shape index (κ1) is 24.1. The normalized spacial score (nSPS) is 17.9. The summed E-state index contributed by atoms with van der Waals surface area (Å²) >= 11 is 0. The molecule has 1 aliphatic heterocycles. The van der Waals surface area contributed by atoms with Crippen LogP contribution in [0.25, 0.3) is 10.9 Å². The monoisotopic (exact) mass is 473 g/mol. The highest BCUT2D eigenvalue weighted by Gasteiger charge is 2.18. The second kappa shape index (κ2) is 11.4. The van der Waals surface area contributed by atoms with E-state index in [1.165, 1.54) is 29.4 Å². The SMILES string of the molecule is CN1CCN(CCCC(=O)Cc2cc(Cc3c[nH]c4ccccc34)cc(OC3CCCC3)c2)CC1. The van der Waals surface area contributed by atoms with Crippen molar-refractivity contribution in [2.45, 2.75) is 57.5 Å². The van der Waals surface area contributed by atoms with Crippen LogP contribution >= 0.6 is 0 Å². The number of rotatable bonds is 10. The summed E-state index contributed by atoms with van der Waals surface area (Å²) in [5.74, 6) is 1.25. The molecule has 2 heterocycles. The van der Waals surface area contributed by atoms with Crippen LogP contribution in [0.3, 0.4) is 0 Å². The van der Waals surface area contributed by atoms with E-state index in [2.05, 4.69) is 70.5 Å². The van der Waals surface area contributed by atoms with Gasteiger partial charge in [0, 0.05) is 56.1 Å². The lowest BCUT2D eigenvalue weighted by Gasteiger charge is -2.32. The topological polar surface area (TPSA) is 48.6 Å². The Balaban J connectivity index is 1.25. The Morgan fingerprint density at radius 1 is 1.03 bits per heavy atom. The Bertz CT molecular complexity index is 1120. The number of ether oxygens (including phenoxy) is 1. The fourth-order valence-electron chi connectivity index (χ4n) is 5.58. The number of carbonyl (C=O) groups is 1. The predicted octanol–water partition coefficient (Wildman–Crippen LogP) is 5.22. The zero-order valence-corrected chi connectivity index (χ0v) is 21.1. The second-order valence-corrected chi connectivity index (χ2v) is 10.5. The van der Waals surface area contributed by atoms with E-state index < -0.39 is 0 Å². The van der Waals surface area contributed by atoms with E-state index in [0.29, 0.717) is 24.7 Å². The maximum atomic E-state index is 12.9. The van der Waals surface area contributed by atoms with Crippen LogP contribution in [0.1, 0.15) is 55.2 Å². The van der Waals surface area contributed by atoms with Crippen molar-refractivity contribution in [3.8, 4) is 5.75 Å². The molecule has 0 unspecified atom stereocenters. The number of likely N-dealkylation sites (N-methyl/N-ethyl adjacent to an activating group) is 1. The molecule has 1 N–H and O–H groups in total. The van der Waals surface area contributed by atoms with Gasteiger partial charge in [-0.3, -0.25) is 4.79 Å². The van der Waals surface area contributed by atoms with Gasteiger partial charge in [-0.2, -0.15) is 0 Å². The van der Waals surface area contributed by atoms with Gasteiger partial charge in [0.05, 0.1) is 6.10 Å². The van der Waals surface area contributed by atoms with Gasteiger partial charge >= 0.3 is 0 Å². The van der Waals surface area contributed by atoms with Crippen LogP contribution in [0.2, 0.25) is 0 Å². The fourth-order valence-corrected chi connectivity index (χ4v) is 5.58. The summed E-state index contributed by atoms with van der Waals surface area (Å²) in [7, 11) is 2.18. The highest BCUT2D eigenvalue weighted by molar-refractivity contribution is 5.83. The predicted molar refractivity (Wildman–Crippen MR) is 142 cm³/mol. The molecule has 1 saturated heterocycles. The largest absolute Gasteiger partial charge is 0.490 e. The summed E-state index contributed by atoms with van der Waals surface area (Å²) < 4.78 is 6.38. The minimum absolute atomic E-state index is 0.311. The lowest BCUT2D eigenvalue weighted by atomic mass is 9.98. The van der Waals surface area contributed by atoms with Gasteiger partial charge in [0.15, 0.2) is 0 Å². The first-order chi connectivity index (χ1) is 17.1. The third-order valence-electron chi connectivity index (χ3n) is 7.63. The van der Waals surface area contributed by atoms with Crippen molar-refractivity contribution in [2.75, 3.05) is 39.8 Å². The minimum Gasteiger partial charge on any atom is -0.490 e. The van der Waals surface area contributed by atoms with Gasteiger partial charge in [-0.05, 0) is 87.0 Å². The van der Waals surface area contributed by atoms with Crippen molar-refractivity contribution in [2.24, 2.45) is 0 Å². The molecule has 0 atom stereocenters. The van der Waals surface area contributed by atoms with Crippen LogP contribution in [-0.4, -0.2) is 66.4 Å². The maximum Gasteiger partial charge on any atom is 0.137 e. The van der Waals surface area contributed by atoms with Crippen LogP contribution < -0.4 is 4.74 Å². The van der Waals surface area contributed by atoms with E-state index in [1.807, 2.05) is 0 Å². The molecule has 0 amide bonds. The van der Waals surface area contributed by atoms with Crippen LogP contribution in [0.15, 0.2) is 48.7 Å². The average Bonchev–Trinajstić information content (AvgIpc) is 3.50. The van der Waals surface area contributed by atoms with Gasteiger partial charge in [-0.1, -0.05) is 24.3 Å². The van der Waals surface area contributed by atoms with Gasteiger partial charge in [-0.25, -0.2) is 0 Å². The number of carbonyl (C=O) groups excluding carboxylic acids is 1. The molecule has 0 spiro atoms. The van der Waals surface area contributed by atoms with Crippen LogP contribution in [0.5, 0.6) is 5.75 Å². The molecule has 35 heavy (non-hydrogen) atoms. The number of benzene rings is 2. The third-order valence-corrected chi connectivity index (χ3v) is 7.63. The molecule has 0 radical (unpaired) electrons. The Kier molecular flexibility index (Phi) is 7.85. The summed E-state index contributed by atoms with van der Waals surface area (Å²) in [6.45, 7) is 5.50. The molecular weight excluding hydrogens is 434 g/mol. The smallest absolute Gasteiger partial charge is 0.137 e. The van der Waals surface area contributed by atoms with Gasteiger partial charge in [0.2, 0.25) is 0 Å². The Hall–Kier alpha value is -2.63. The van der Waals surface area contributed by atoms with E-state index in [-0.39, 0.29) is 0 Å². The number of fused-ring (bicyclic) bond motifs is 1. The molecule has 5 nitrogen and oxygen atoms in total. The summed E-state index contributed by atoms with van der Waals surface area (Å²) in [6, 6.07) is 14.9. The van der Waals surface area contributed by atoms with Crippen molar-refractivity contribution in [1.82, 2.24) is 14.8 Å². The first-order valence-electron chi connectivity index (χ1n) is 13.4. The van der Waals surface area contributed by atoms with Crippen molar-refractivity contribution < 1.29 is 9.53 Å². The number of piperazine rings is 1. The highest BCUT2D eigenvalue weighted by Crippen LogP contribution is 2.28. The molecule has 186 valence electrons.